The van der Waals surface area contributed by atoms with Gasteiger partial charge in [0.25, 0.3) is 0 Å². The van der Waals surface area contributed by atoms with E-state index >= 15 is 0 Å². The molecule has 15 heavy (non-hydrogen) atoms. The Kier molecular flexibility index (Phi) is 5.76. The van der Waals surface area contributed by atoms with Crippen molar-refractivity contribution in [2.75, 3.05) is 11.9 Å². The van der Waals surface area contributed by atoms with Crippen LogP contribution in [0.15, 0.2) is 36.4 Å². The predicted molar refractivity (Wildman–Crippen MR) is 76.3 cm³/mol. The van der Waals surface area contributed by atoms with E-state index in [-0.39, 0.29) is 0 Å². The molecular formula is C13H18IN. The molecule has 0 aliphatic rings. The smallest absolute Gasteiger partial charge is 0.0475 e. The second-order valence-electron chi connectivity index (χ2n) is 3.82. The van der Waals surface area contributed by atoms with Gasteiger partial charge in [0, 0.05) is 15.8 Å². The van der Waals surface area contributed by atoms with Gasteiger partial charge in [-0.3, -0.25) is 0 Å². The summed E-state index contributed by atoms with van der Waals surface area (Å²) in [7, 11) is 0. The second-order valence-corrected chi connectivity index (χ2v) is 4.98. The van der Waals surface area contributed by atoms with Crippen molar-refractivity contribution in [2.24, 2.45) is 0 Å². The molecule has 0 amide bonds. The number of para-hydroxylation sites is 1. The molecule has 0 unspecified atom stereocenters. The summed E-state index contributed by atoms with van der Waals surface area (Å²) in [5, 5.41) is 3.45. The average molecular weight is 315 g/mol. The first kappa shape index (κ1) is 12.6. The number of anilines is 1. The summed E-state index contributed by atoms with van der Waals surface area (Å²) in [4.78, 5) is 0. The minimum absolute atomic E-state index is 1.05. The number of unbranched alkanes of at least 4 members (excludes halogenated alkanes) is 1. The molecule has 0 radical (unpaired) electrons. The summed E-state index contributed by atoms with van der Waals surface area (Å²) in [5.74, 6) is 0. The molecule has 0 aliphatic heterocycles. The molecule has 0 aromatic heterocycles. The van der Waals surface area contributed by atoms with Crippen molar-refractivity contribution in [1.82, 2.24) is 0 Å². The van der Waals surface area contributed by atoms with Gasteiger partial charge in [-0.1, -0.05) is 17.7 Å². The standard InChI is InChI=1S/C13H18IN/c1-11(2)7-5-6-10-15-13-9-4-3-8-12(13)14/h3-4,8-9,15H,1,5-7,10H2,2H3. The third-order valence-corrected chi connectivity index (χ3v) is 3.16. The molecule has 0 atom stereocenters. The summed E-state index contributed by atoms with van der Waals surface area (Å²) in [5.41, 5.74) is 2.53. The van der Waals surface area contributed by atoms with Crippen LogP contribution < -0.4 is 5.32 Å². The highest BCUT2D eigenvalue weighted by atomic mass is 127. The Morgan fingerprint density at radius 2 is 2.07 bits per heavy atom. The molecular weight excluding hydrogens is 297 g/mol. The largest absolute Gasteiger partial charge is 0.384 e. The SMILES string of the molecule is C=C(C)CCCCNc1ccccc1I. The third kappa shape index (κ3) is 5.21. The summed E-state index contributed by atoms with van der Waals surface area (Å²) in [6, 6.07) is 8.38. The Morgan fingerprint density at radius 3 is 2.73 bits per heavy atom. The van der Waals surface area contributed by atoms with Crippen molar-refractivity contribution in [3.05, 3.63) is 40.0 Å². The molecule has 0 heterocycles. The molecule has 0 saturated carbocycles. The highest BCUT2D eigenvalue weighted by Gasteiger charge is 1.96. The fraction of sp³-hybridized carbons (Fsp3) is 0.385. The van der Waals surface area contributed by atoms with Crippen molar-refractivity contribution < 1.29 is 0 Å². The van der Waals surface area contributed by atoms with E-state index in [0.29, 0.717) is 0 Å². The average Bonchev–Trinajstić information content (AvgIpc) is 2.20. The van der Waals surface area contributed by atoms with Gasteiger partial charge in [0.15, 0.2) is 0 Å². The molecule has 1 rings (SSSR count). The maximum absolute atomic E-state index is 3.90. The number of allylic oxidation sites excluding steroid dienone is 1. The van der Waals surface area contributed by atoms with E-state index in [1.165, 1.54) is 27.7 Å². The first-order chi connectivity index (χ1) is 7.20. The minimum atomic E-state index is 1.05. The fourth-order valence-corrected chi connectivity index (χ4v) is 1.96. The monoisotopic (exact) mass is 315 g/mol. The summed E-state index contributed by atoms with van der Waals surface area (Å²) < 4.78 is 1.29. The van der Waals surface area contributed by atoms with Crippen LogP contribution >= 0.6 is 22.6 Å². The molecule has 0 bridgehead atoms. The van der Waals surface area contributed by atoms with Crippen LogP contribution in [-0.2, 0) is 0 Å². The lowest BCUT2D eigenvalue weighted by molar-refractivity contribution is 0.758. The van der Waals surface area contributed by atoms with E-state index in [1.807, 2.05) is 0 Å². The topological polar surface area (TPSA) is 12.0 Å². The van der Waals surface area contributed by atoms with Crippen LogP contribution in [0.5, 0.6) is 0 Å². The number of benzene rings is 1. The Labute approximate surface area is 106 Å². The molecule has 82 valence electrons. The van der Waals surface area contributed by atoms with Crippen molar-refractivity contribution in [2.45, 2.75) is 26.2 Å². The lowest BCUT2D eigenvalue weighted by Crippen LogP contribution is -2.02. The van der Waals surface area contributed by atoms with Gasteiger partial charge >= 0.3 is 0 Å². The molecule has 0 aliphatic carbocycles. The van der Waals surface area contributed by atoms with Crippen LogP contribution in [0.4, 0.5) is 5.69 Å². The van der Waals surface area contributed by atoms with Crippen LogP contribution in [-0.4, -0.2) is 6.54 Å². The maximum atomic E-state index is 3.90. The van der Waals surface area contributed by atoms with Crippen LogP contribution in [0.25, 0.3) is 0 Å². The zero-order valence-corrected chi connectivity index (χ0v) is 11.4. The Balaban J connectivity index is 2.21. The molecule has 2 heteroatoms. The maximum Gasteiger partial charge on any atom is 0.0475 e. The summed E-state index contributed by atoms with van der Waals surface area (Å²) in [6.45, 7) is 7.04. The van der Waals surface area contributed by atoms with E-state index in [9.17, 15) is 0 Å². The van der Waals surface area contributed by atoms with Gasteiger partial charge in [-0.05, 0) is 60.9 Å². The number of hydrogen-bond acceptors (Lipinski definition) is 1. The lowest BCUT2D eigenvalue weighted by Gasteiger charge is -2.07. The van der Waals surface area contributed by atoms with Crippen LogP contribution in [0.3, 0.4) is 0 Å². The van der Waals surface area contributed by atoms with E-state index in [1.54, 1.807) is 0 Å². The van der Waals surface area contributed by atoms with Crippen LogP contribution in [0.2, 0.25) is 0 Å². The molecule has 1 aromatic rings. The quantitative estimate of drug-likeness (QED) is 0.465. The lowest BCUT2D eigenvalue weighted by atomic mass is 10.1. The van der Waals surface area contributed by atoms with Gasteiger partial charge < -0.3 is 5.32 Å². The highest BCUT2D eigenvalue weighted by molar-refractivity contribution is 14.1. The minimum Gasteiger partial charge on any atom is -0.384 e. The van der Waals surface area contributed by atoms with E-state index in [4.69, 9.17) is 0 Å². The second kappa shape index (κ2) is 6.88. The number of halogens is 1. The molecule has 0 fully saturated rings. The van der Waals surface area contributed by atoms with Gasteiger partial charge in [-0.25, -0.2) is 0 Å². The zero-order chi connectivity index (χ0) is 11.1. The van der Waals surface area contributed by atoms with E-state index < -0.39 is 0 Å². The van der Waals surface area contributed by atoms with Gasteiger partial charge in [-0.15, -0.1) is 6.58 Å². The normalized spacial score (nSPS) is 10.0. The zero-order valence-electron chi connectivity index (χ0n) is 9.22. The third-order valence-electron chi connectivity index (χ3n) is 2.22. The number of nitrogens with one attached hydrogen (secondary N) is 1. The first-order valence-corrected chi connectivity index (χ1v) is 6.41. The van der Waals surface area contributed by atoms with Crippen molar-refractivity contribution in [3.8, 4) is 0 Å². The van der Waals surface area contributed by atoms with E-state index in [0.717, 1.165) is 13.0 Å². The Hall–Kier alpha value is -0.510. The molecule has 1 aromatic carbocycles. The van der Waals surface area contributed by atoms with Crippen molar-refractivity contribution in [3.63, 3.8) is 0 Å². The van der Waals surface area contributed by atoms with Crippen molar-refractivity contribution in [1.29, 1.82) is 0 Å². The van der Waals surface area contributed by atoms with Gasteiger partial charge in [0.2, 0.25) is 0 Å². The summed E-state index contributed by atoms with van der Waals surface area (Å²) in [6.07, 6.45) is 3.58. The Morgan fingerprint density at radius 1 is 1.33 bits per heavy atom. The summed E-state index contributed by atoms with van der Waals surface area (Å²) >= 11 is 2.36. The van der Waals surface area contributed by atoms with Crippen molar-refractivity contribution >= 4 is 28.3 Å². The van der Waals surface area contributed by atoms with Crippen LogP contribution in [0.1, 0.15) is 26.2 Å². The van der Waals surface area contributed by atoms with Gasteiger partial charge in [0.05, 0.1) is 0 Å². The first-order valence-electron chi connectivity index (χ1n) is 5.33. The Bertz CT molecular complexity index is 320. The fourth-order valence-electron chi connectivity index (χ4n) is 1.38. The van der Waals surface area contributed by atoms with Crippen LogP contribution in [0, 0.1) is 3.57 Å². The van der Waals surface area contributed by atoms with E-state index in [2.05, 4.69) is 65.7 Å². The number of rotatable bonds is 6. The molecule has 0 saturated heterocycles. The van der Waals surface area contributed by atoms with Gasteiger partial charge in [0.1, 0.15) is 0 Å². The number of hydrogen-bond donors (Lipinski definition) is 1. The van der Waals surface area contributed by atoms with Gasteiger partial charge in [-0.2, -0.15) is 0 Å². The predicted octanol–water partition coefficient (Wildman–Crippen LogP) is 4.45. The molecule has 0 spiro atoms. The molecule has 1 nitrogen and oxygen atoms in total. The highest BCUT2D eigenvalue weighted by Crippen LogP contribution is 2.17. The molecule has 1 N–H and O–H groups in total.